The van der Waals surface area contributed by atoms with E-state index in [9.17, 15) is 14.0 Å². The van der Waals surface area contributed by atoms with E-state index in [4.69, 9.17) is 0 Å². The van der Waals surface area contributed by atoms with Crippen LogP contribution in [0.1, 0.15) is 50.5 Å². The van der Waals surface area contributed by atoms with Crippen LogP contribution in [0, 0.1) is 5.41 Å². The van der Waals surface area contributed by atoms with E-state index >= 15 is 0 Å². The third-order valence-corrected chi connectivity index (χ3v) is 6.37. The summed E-state index contributed by atoms with van der Waals surface area (Å²) in [7, 11) is 0. The lowest BCUT2D eigenvalue weighted by Crippen LogP contribution is -2.62. The highest BCUT2D eigenvalue weighted by atomic mass is 19.1. The molecule has 1 spiro atoms. The van der Waals surface area contributed by atoms with E-state index in [1.165, 1.54) is 0 Å². The Hall–Kier alpha value is -1.98. The van der Waals surface area contributed by atoms with Gasteiger partial charge in [-0.25, -0.2) is 4.39 Å². The van der Waals surface area contributed by atoms with Gasteiger partial charge in [0.05, 0.1) is 0 Å². The van der Waals surface area contributed by atoms with Crippen LogP contribution in [0.3, 0.4) is 0 Å². The molecule has 0 bridgehead atoms. The Morgan fingerprint density at radius 3 is 2.58 bits per heavy atom. The zero-order valence-corrected chi connectivity index (χ0v) is 15.0. The van der Waals surface area contributed by atoms with E-state index in [2.05, 4.69) is 10.3 Å². The summed E-state index contributed by atoms with van der Waals surface area (Å²) >= 11 is 0. The number of likely N-dealkylation sites (tertiary alicyclic amines) is 1. The number of rotatable bonds is 5. The second-order valence-corrected chi connectivity index (χ2v) is 8.17. The number of halogens is 1. The van der Waals surface area contributed by atoms with Gasteiger partial charge in [-0.15, -0.1) is 0 Å². The number of aromatic nitrogens is 1. The Bertz CT molecular complexity index is 686. The smallest absolute Gasteiger partial charge is 0.260 e. The van der Waals surface area contributed by atoms with Crippen LogP contribution >= 0.6 is 0 Å². The molecule has 2 aliphatic carbocycles. The molecule has 1 atom stereocenters. The molecule has 3 fully saturated rings. The van der Waals surface area contributed by atoms with Crippen molar-refractivity contribution in [3.05, 3.63) is 30.1 Å². The maximum Gasteiger partial charge on any atom is 0.260 e. The zero-order chi connectivity index (χ0) is 18.2. The number of alkyl halides is 1. The number of carbonyl (C=O) groups is 2. The first-order valence-electron chi connectivity index (χ1n) is 9.67. The minimum absolute atomic E-state index is 0.0501. The van der Waals surface area contributed by atoms with E-state index in [-0.39, 0.29) is 23.3 Å². The normalized spacial score (nSPS) is 25.4. The number of nitrogens with zero attached hydrogens (tertiary/aromatic N) is 2. The van der Waals surface area contributed by atoms with Crippen molar-refractivity contribution in [3.63, 3.8) is 0 Å². The molecule has 2 saturated carbocycles. The van der Waals surface area contributed by atoms with Gasteiger partial charge in [-0.2, -0.15) is 0 Å². The Labute approximate surface area is 153 Å². The van der Waals surface area contributed by atoms with Gasteiger partial charge in [-0.05, 0) is 56.2 Å². The lowest BCUT2D eigenvalue weighted by molar-refractivity contribution is -0.145. The van der Waals surface area contributed by atoms with E-state index in [0.717, 1.165) is 31.2 Å². The number of hydrogen-bond donors (Lipinski definition) is 1. The maximum absolute atomic E-state index is 14.2. The summed E-state index contributed by atoms with van der Waals surface area (Å²) < 4.78 is 14.2. The maximum atomic E-state index is 14.2. The first-order chi connectivity index (χ1) is 12.5. The SMILES string of the molecule is O=C(CCc1ccncc1)NC1CCN(C(=O)C2(F)CC2)CC12CCC2. The van der Waals surface area contributed by atoms with Gasteiger partial charge in [0, 0.05) is 43.4 Å². The van der Waals surface area contributed by atoms with Crippen molar-refractivity contribution in [3.8, 4) is 0 Å². The van der Waals surface area contributed by atoms with Crippen LogP contribution in [-0.4, -0.2) is 46.5 Å². The minimum atomic E-state index is -1.59. The first kappa shape index (κ1) is 17.4. The number of amides is 2. The summed E-state index contributed by atoms with van der Waals surface area (Å²) in [6.45, 7) is 1.13. The topological polar surface area (TPSA) is 62.3 Å². The van der Waals surface area contributed by atoms with Crippen LogP contribution in [0.2, 0.25) is 0 Å². The molecule has 1 aliphatic heterocycles. The molecule has 0 aromatic carbocycles. The third-order valence-electron chi connectivity index (χ3n) is 6.37. The summed E-state index contributed by atoms with van der Waals surface area (Å²) in [5.41, 5.74) is -0.538. The van der Waals surface area contributed by atoms with Gasteiger partial charge >= 0.3 is 0 Å². The summed E-state index contributed by atoms with van der Waals surface area (Å²) in [5.74, 6) is -0.270. The highest BCUT2D eigenvalue weighted by Gasteiger charge is 2.56. The van der Waals surface area contributed by atoms with Crippen LogP contribution < -0.4 is 5.32 Å². The molecule has 0 radical (unpaired) electrons. The van der Waals surface area contributed by atoms with Crippen molar-refractivity contribution in [2.75, 3.05) is 13.1 Å². The van der Waals surface area contributed by atoms with Crippen molar-refractivity contribution in [2.45, 2.75) is 63.1 Å². The molecule has 3 aliphatic rings. The number of nitrogens with one attached hydrogen (secondary N) is 1. The average Bonchev–Trinajstić information content (AvgIpc) is 3.38. The molecule has 1 aromatic rings. The Morgan fingerprint density at radius 1 is 1.23 bits per heavy atom. The van der Waals surface area contributed by atoms with Crippen LogP contribution in [0.5, 0.6) is 0 Å². The summed E-state index contributed by atoms with van der Waals surface area (Å²) in [4.78, 5) is 30.5. The standard InChI is InChI=1S/C20H26FN3O2/c21-20(9-10-20)18(26)24-13-6-16(19(14-24)7-1-8-19)23-17(25)3-2-15-4-11-22-12-5-15/h4-5,11-12,16H,1-3,6-10,13-14H2,(H,23,25). The highest BCUT2D eigenvalue weighted by Crippen LogP contribution is 2.49. The molecule has 26 heavy (non-hydrogen) atoms. The van der Waals surface area contributed by atoms with Gasteiger partial charge < -0.3 is 10.2 Å². The van der Waals surface area contributed by atoms with E-state index < -0.39 is 5.67 Å². The fourth-order valence-electron chi connectivity index (χ4n) is 4.38. The van der Waals surface area contributed by atoms with Crippen molar-refractivity contribution in [1.29, 1.82) is 0 Å². The molecule has 4 rings (SSSR count). The van der Waals surface area contributed by atoms with Crippen LogP contribution in [-0.2, 0) is 16.0 Å². The van der Waals surface area contributed by atoms with Crippen molar-refractivity contribution < 1.29 is 14.0 Å². The fraction of sp³-hybridized carbons (Fsp3) is 0.650. The van der Waals surface area contributed by atoms with Crippen molar-refractivity contribution >= 4 is 11.8 Å². The van der Waals surface area contributed by atoms with E-state index in [1.54, 1.807) is 17.3 Å². The predicted octanol–water partition coefficient (Wildman–Crippen LogP) is 2.40. The number of carbonyl (C=O) groups excluding carboxylic acids is 2. The molecule has 140 valence electrons. The molecule has 2 heterocycles. The quantitative estimate of drug-likeness (QED) is 0.878. The van der Waals surface area contributed by atoms with Gasteiger partial charge in [-0.3, -0.25) is 14.6 Å². The second-order valence-electron chi connectivity index (χ2n) is 8.17. The molecule has 6 heteroatoms. The number of aryl methyl sites for hydroxylation is 1. The number of pyridine rings is 1. The van der Waals surface area contributed by atoms with E-state index in [1.807, 2.05) is 12.1 Å². The van der Waals surface area contributed by atoms with Gasteiger partial charge in [0.25, 0.3) is 5.91 Å². The predicted molar refractivity (Wildman–Crippen MR) is 95.0 cm³/mol. The number of hydrogen-bond acceptors (Lipinski definition) is 3. The average molecular weight is 359 g/mol. The van der Waals surface area contributed by atoms with Gasteiger partial charge in [0.1, 0.15) is 0 Å². The molecule has 1 aromatic heterocycles. The first-order valence-corrected chi connectivity index (χ1v) is 9.67. The second kappa shape index (κ2) is 6.63. The lowest BCUT2D eigenvalue weighted by Gasteiger charge is -2.54. The summed E-state index contributed by atoms with van der Waals surface area (Å²) in [6.07, 6.45) is 9.21. The Balaban J connectivity index is 1.33. The minimum Gasteiger partial charge on any atom is -0.353 e. The van der Waals surface area contributed by atoms with Crippen LogP contribution in [0.25, 0.3) is 0 Å². The summed E-state index contributed by atoms with van der Waals surface area (Å²) in [5, 5.41) is 3.21. The van der Waals surface area contributed by atoms with Crippen molar-refractivity contribution in [2.24, 2.45) is 5.41 Å². The van der Waals surface area contributed by atoms with Crippen molar-refractivity contribution in [1.82, 2.24) is 15.2 Å². The van der Waals surface area contributed by atoms with Crippen LogP contribution in [0.4, 0.5) is 4.39 Å². The zero-order valence-electron chi connectivity index (χ0n) is 15.0. The molecule has 2 amide bonds. The molecular formula is C20H26FN3O2. The van der Waals surface area contributed by atoms with Crippen LogP contribution in [0.15, 0.2) is 24.5 Å². The van der Waals surface area contributed by atoms with Gasteiger partial charge in [-0.1, -0.05) is 6.42 Å². The Kier molecular flexibility index (Phi) is 4.45. The number of piperidine rings is 1. The largest absolute Gasteiger partial charge is 0.353 e. The summed E-state index contributed by atoms with van der Waals surface area (Å²) in [6, 6.07) is 3.95. The molecule has 5 nitrogen and oxygen atoms in total. The molecule has 1 unspecified atom stereocenters. The lowest BCUT2D eigenvalue weighted by atomic mass is 9.61. The third kappa shape index (κ3) is 3.33. The fourth-order valence-corrected chi connectivity index (χ4v) is 4.38. The van der Waals surface area contributed by atoms with E-state index in [0.29, 0.717) is 38.8 Å². The van der Waals surface area contributed by atoms with Gasteiger partial charge in [0.15, 0.2) is 5.67 Å². The molecule has 1 N–H and O–H groups in total. The molecular weight excluding hydrogens is 333 g/mol. The highest BCUT2D eigenvalue weighted by molar-refractivity contribution is 5.88. The Morgan fingerprint density at radius 2 is 1.96 bits per heavy atom. The molecule has 1 saturated heterocycles. The van der Waals surface area contributed by atoms with Gasteiger partial charge in [0.2, 0.25) is 5.91 Å². The monoisotopic (exact) mass is 359 g/mol.